The van der Waals surface area contributed by atoms with Gasteiger partial charge in [-0.1, -0.05) is 54.1 Å². The summed E-state index contributed by atoms with van der Waals surface area (Å²) in [6, 6.07) is 21.7. The van der Waals surface area contributed by atoms with Gasteiger partial charge in [0.15, 0.2) is 0 Å². The van der Waals surface area contributed by atoms with Gasteiger partial charge >= 0.3 is 0 Å². The molecule has 0 aliphatic carbocycles. The van der Waals surface area contributed by atoms with Crippen molar-refractivity contribution in [3.63, 3.8) is 0 Å². The topological polar surface area (TPSA) is 81.4 Å². The van der Waals surface area contributed by atoms with E-state index in [1.54, 1.807) is 12.1 Å². The van der Waals surface area contributed by atoms with Crippen LogP contribution in [0.15, 0.2) is 72.8 Å². The van der Waals surface area contributed by atoms with Crippen LogP contribution in [0.3, 0.4) is 0 Å². The highest BCUT2D eigenvalue weighted by Gasteiger charge is 2.22. The van der Waals surface area contributed by atoms with E-state index in [1.165, 1.54) is 13.2 Å². The van der Waals surface area contributed by atoms with Crippen LogP contribution < -0.4 is 15.8 Å². The number of nitrogens with two attached hydrogens (primary N) is 1. The van der Waals surface area contributed by atoms with Gasteiger partial charge in [-0.2, -0.15) is 0 Å². The third-order valence-corrected chi connectivity index (χ3v) is 4.87. The largest absolute Gasteiger partial charge is 0.495 e. The number of benzene rings is 3. The van der Waals surface area contributed by atoms with E-state index in [0.29, 0.717) is 28.4 Å². The molecule has 0 aliphatic heterocycles. The molecule has 0 saturated heterocycles. The second-order valence-corrected chi connectivity index (χ2v) is 7.00. The lowest BCUT2D eigenvalue weighted by atomic mass is 9.91. The van der Waals surface area contributed by atoms with Crippen LogP contribution in [0.25, 0.3) is 0 Å². The zero-order valence-corrected chi connectivity index (χ0v) is 16.6. The monoisotopic (exact) mass is 408 g/mol. The Hall–Kier alpha value is -3.31. The van der Waals surface area contributed by atoms with E-state index in [0.717, 1.165) is 11.1 Å². The number of nitrogens with one attached hydrogen (secondary N) is 1. The van der Waals surface area contributed by atoms with Crippen molar-refractivity contribution in [1.82, 2.24) is 0 Å². The third-order valence-electron chi connectivity index (χ3n) is 4.62. The van der Waals surface area contributed by atoms with Crippen LogP contribution in [0.1, 0.15) is 27.4 Å². The quantitative estimate of drug-likeness (QED) is 0.607. The molecule has 0 spiro atoms. The summed E-state index contributed by atoms with van der Waals surface area (Å²) in [6.07, 6.45) is 0.509. The summed E-state index contributed by atoms with van der Waals surface area (Å²) in [5.41, 5.74) is 7.99. The highest BCUT2D eigenvalue weighted by Crippen LogP contribution is 2.29. The molecule has 3 aromatic carbocycles. The Morgan fingerprint density at radius 2 is 1.72 bits per heavy atom. The minimum Gasteiger partial charge on any atom is -0.495 e. The van der Waals surface area contributed by atoms with E-state index in [9.17, 15) is 9.59 Å². The molecule has 148 valence electrons. The molecule has 6 heteroatoms. The molecule has 3 rings (SSSR count). The van der Waals surface area contributed by atoms with Crippen LogP contribution in [0.4, 0.5) is 5.69 Å². The number of hydrogen-bond acceptors (Lipinski definition) is 3. The summed E-state index contributed by atoms with van der Waals surface area (Å²) in [6.45, 7) is 0. The predicted molar refractivity (Wildman–Crippen MR) is 114 cm³/mol. The van der Waals surface area contributed by atoms with Gasteiger partial charge in [-0.05, 0) is 47.9 Å². The minimum atomic E-state index is -0.564. The Labute approximate surface area is 174 Å². The van der Waals surface area contributed by atoms with Crippen LogP contribution in [-0.2, 0) is 11.2 Å². The number of primary amides is 1. The molecule has 0 saturated carbocycles. The van der Waals surface area contributed by atoms with Crippen molar-refractivity contribution in [2.24, 2.45) is 5.73 Å². The molecule has 0 radical (unpaired) electrons. The van der Waals surface area contributed by atoms with Gasteiger partial charge in [-0.3, -0.25) is 9.59 Å². The summed E-state index contributed by atoms with van der Waals surface area (Å²) in [7, 11) is 1.47. The normalized spacial score (nSPS) is 11.5. The molecular weight excluding hydrogens is 388 g/mol. The number of halogens is 1. The van der Waals surface area contributed by atoms with Crippen molar-refractivity contribution in [2.45, 2.75) is 12.3 Å². The lowest BCUT2D eigenvalue weighted by Gasteiger charge is -2.19. The van der Waals surface area contributed by atoms with Crippen molar-refractivity contribution < 1.29 is 14.3 Å². The maximum Gasteiger partial charge on any atom is 0.248 e. The summed E-state index contributed by atoms with van der Waals surface area (Å²) < 4.78 is 5.32. The third kappa shape index (κ3) is 5.15. The first-order chi connectivity index (χ1) is 14.0. The van der Waals surface area contributed by atoms with Gasteiger partial charge in [0.25, 0.3) is 0 Å². The van der Waals surface area contributed by atoms with Crippen molar-refractivity contribution in [2.75, 3.05) is 12.4 Å². The Kier molecular flexibility index (Phi) is 6.52. The highest BCUT2D eigenvalue weighted by molar-refractivity contribution is 6.30. The first-order valence-corrected chi connectivity index (χ1v) is 9.44. The molecule has 0 heterocycles. The summed E-state index contributed by atoms with van der Waals surface area (Å²) in [4.78, 5) is 24.6. The highest BCUT2D eigenvalue weighted by atomic mass is 35.5. The van der Waals surface area contributed by atoms with Crippen LogP contribution in [-0.4, -0.2) is 18.9 Å². The average Bonchev–Trinajstić information content (AvgIpc) is 2.74. The summed E-state index contributed by atoms with van der Waals surface area (Å²) >= 11 is 5.98. The van der Waals surface area contributed by atoms with Crippen molar-refractivity contribution in [3.05, 3.63) is 94.5 Å². The molecule has 29 heavy (non-hydrogen) atoms. The number of hydrogen-bond donors (Lipinski definition) is 2. The fourth-order valence-electron chi connectivity index (χ4n) is 3.07. The minimum absolute atomic E-state index is 0.184. The second-order valence-electron chi connectivity index (χ2n) is 6.56. The van der Waals surface area contributed by atoms with E-state index >= 15 is 0 Å². The molecule has 1 atom stereocenters. The molecule has 0 aromatic heterocycles. The predicted octanol–water partition coefficient (Wildman–Crippen LogP) is 4.41. The van der Waals surface area contributed by atoms with Gasteiger partial charge < -0.3 is 15.8 Å². The lowest BCUT2D eigenvalue weighted by molar-refractivity contribution is -0.117. The molecule has 2 amide bonds. The Bertz CT molecular complexity index is 1000. The van der Waals surface area contributed by atoms with Crippen LogP contribution in [0, 0.1) is 0 Å². The number of rotatable bonds is 7. The Morgan fingerprint density at radius 1 is 1.03 bits per heavy atom. The molecular formula is C23H21ClN2O3. The Morgan fingerprint density at radius 3 is 2.34 bits per heavy atom. The summed E-state index contributed by atoms with van der Waals surface area (Å²) in [5.74, 6) is -0.798. The number of carbonyl (C=O) groups excluding carboxylic acids is 2. The van der Waals surface area contributed by atoms with Gasteiger partial charge in [-0.25, -0.2) is 0 Å². The molecule has 3 N–H and O–H groups in total. The van der Waals surface area contributed by atoms with E-state index in [-0.39, 0.29) is 5.91 Å². The van der Waals surface area contributed by atoms with Crippen LogP contribution >= 0.6 is 11.6 Å². The van der Waals surface area contributed by atoms with Crippen LogP contribution in [0.2, 0.25) is 5.02 Å². The fourth-order valence-corrected chi connectivity index (χ4v) is 3.20. The zero-order chi connectivity index (χ0) is 20.8. The smallest absolute Gasteiger partial charge is 0.248 e. The molecule has 0 fully saturated rings. The average molecular weight is 409 g/mol. The van der Waals surface area contributed by atoms with Crippen LogP contribution in [0.5, 0.6) is 5.75 Å². The van der Waals surface area contributed by atoms with E-state index < -0.39 is 11.8 Å². The first kappa shape index (κ1) is 20.4. The van der Waals surface area contributed by atoms with Gasteiger partial charge in [0.1, 0.15) is 5.75 Å². The van der Waals surface area contributed by atoms with Crippen molar-refractivity contribution in [3.8, 4) is 5.75 Å². The van der Waals surface area contributed by atoms with Crippen molar-refractivity contribution in [1.29, 1.82) is 0 Å². The summed E-state index contributed by atoms with van der Waals surface area (Å²) in [5, 5.41) is 3.56. The molecule has 0 bridgehead atoms. The zero-order valence-electron chi connectivity index (χ0n) is 15.9. The van der Waals surface area contributed by atoms with E-state index in [2.05, 4.69) is 5.32 Å². The Balaban J connectivity index is 1.89. The van der Waals surface area contributed by atoms with Crippen molar-refractivity contribution >= 4 is 29.1 Å². The maximum absolute atomic E-state index is 13.2. The second kappa shape index (κ2) is 9.26. The van der Waals surface area contributed by atoms with Gasteiger partial charge in [0, 0.05) is 10.6 Å². The number of carbonyl (C=O) groups is 2. The standard InChI is InChI=1S/C23H21ClN2O3/c1-29-21-14-17(22(25)27)9-12-20(21)26-23(28)19(16-5-3-2-4-6-16)13-15-7-10-18(24)11-8-15/h2-12,14,19H,13H2,1H3,(H2,25,27)(H,26,28). The molecule has 0 aliphatic rings. The number of methoxy groups -OCH3 is 1. The molecule has 1 unspecified atom stereocenters. The van der Waals surface area contributed by atoms with E-state index in [1.807, 2.05) is 54.6 Å². The maximum atomic E-state index is 13.2. The van der Waals surface area contributed by atoms with Gasteiger partial charge in [0.2, 0.25) is 11.8 Å². The fraction of sp³-hybridized carbons (Fsp3) is 0.130. The number of anilines is 1. The number of amides is 2. The molecule has 5 nitrogen and oxygen atoms in total. The lowest BCUT2D eigenvalue weighted by Crippen LogP contribution is -2.23. The SMILES string of the molecule is COc1cc(C(N)=O)ccc1NC(=O)C(Cc1ccc(Cl)cc1)c1ccccc1. The number of ether oxygens (including phenoxy) is 1. The molecule has 3 aromatic rings. The van der Waals surface area contributed by atoms with Gasteiger partial charge in [-0.15, -0.1) is 0 Å². The van der Waals surface area contributed by atoms with E-state index in [4.69, 9.17) is 22.1 Å². The first-order valence-electron chi connectivity index (χ1n) is 9.06. The van der Waals surface area contributed by atoms with Gasteiger partial charge in [0.05, 0.1) is 18.7 Å².